The van der Waals surface area contributed by atoms with E-state index in [9.17, 15) is 26.4 Å². The van der Waals surface area contributed by atoms with Crippen molar-refractivity contribution in [2.24, 2.45) is 0 Å². The fraction of sp³-hybridized carbons (Fsp3) is 0.500. The predicted molar refractivity (Wildman–Crippen MR) is 124 cm³/mol. The Bertz CT molecular complexity index is 1190. The van der Waals surface area contributed by atoms with Gasteiger partial charge in [0.1, 0.15) is 11.6 Å². The van der Waals surface area contributed by atoms with Crippen LogP contribution in [0.2, 0.25) is 0 Å². The van der Waals surface area contributed by atoms with Crippen LogP contribution in [0.15, 0.2) is 47.5 Å². The molecule has 1 N–H and O–H groups in total. The molecule has 7 nitrogen and oxygen atoms in total. The molecule has 3 atom stereocenters. The third kappa shape index (κ3) is 5.39. The number of alkyl halides is 3. The molecule has 2 aliphatic rings. The lowest BCUT2D eigenvalue weighted by Gasteiger charge is -2.41. The number of aromatic nitrogens is 1. The third-order valence-corrected chi connectivity index (χ3v) is 7.68. The normalized spacial score (nSPS) is 22.7. The van der Waals surface area contributed by atoms with Gasteiger partial charge in [-0.15, -0.1) is 0 Å². The van der Waals surface area contributed by atoms with Gasteiger partial charge in [-0.25, -0.2) is 13.4 Å². The number of sulfone groups is 1. The van der Waals surface area contributed by atoms with Crippen molar-refractivity contribution in [2.75, 3.05) is 11.2 Å². The first kappa shape index (κ1) is 25.3. The lowest BCUT2D eigenvalue weighted by molar-refractivity contribution is -0.143. The van der Waals surface area contributed by atoms with Gasteiger partial charge in [0.2, 0.25) is 0 Å². The van der Waals surface area contributed by atoms with Gasteiger partial charge in [-0.05, 0) is 63.8 Å². The molecule has 2 aliphatic heterocycles. The molecule has 0 aliphatic carbocycles. The summed E-state index contributed by atoms with van der Waals surface area (Å²) in [5.41, 5.74) is -2.44. The summed E-state index contributed by atoms with van der Waals surface area (Å²) < 4.78 is 69.0. The van der Waals surface area contributed by atoms with Crippen molar-refractivity contribution in [3.05, 3.63) is 48.2 Å². The highest BCUT2D eigenvalue weighted by Crippen LogP contribution is 2.40. The highest BCUT2D eigenvalue weighted by Gasteiger charge is 2.44. The molecule has 35 heavy (non-hydrogen) atoms. The summed E-state index contributed by atoms with van der Waals surface area (Å²) in [7, 11) is -3.33. The molecule has 0 radical (unpaired) electrons. The number of rotatable bonds is 6. The van der Waals surface area contributed by atoms with Crippen molar-refractivity contribution < 1.29 is 31.1 Å². The zero-order valence-electron chi connectivity index (χ0n) is 19.7. The van der Waals surface area contributed by atoms with Crippen molar-refractivity contribution in [2.45, 2.75) is 74.3 Å². The van der Waals surface area contributed by atoms with Crippen LogP contribution in [0, 0.1) is 0 Å². The first-order valence-electron chi connectivity index (χ1n) is 11.4. The molecule has 0 saturated carbocycles. The fourth-order valence-corrected chi connectivity index (χ4v) is 5.44. The molecule has 11 heteroatoms. The molecule has 2 fully saturated rings. The molecule has 2 aromatic rings. The third-order valence-electron chi connectivity index (χ3n) is 6.59. The number of piperidine rings is 1. The number of pyridine rings is 1. The number of anilines is 1. The van der Waals surface area contributed by atoms with Gasteiger partial charge in [-0.3, -0.25) is 4.79 Å². The molecule has 1 aromatic carbocycles. The molecule has 190 valence electrons. The highest BCUT2D eigenvalue weighted by molar-refractivity contribution is 7.90. The maximum absolute atomic E-state index is 13.3. The summed E-state index contributed by atoms with van der Waals surface area (Å²) in [6.07, 6.45) is 1.00. The number of nitrogens with zero attached hydrogens (tertiary/aromatic N) is 2. The van der Waals surface area contributed by atoms with E-state index < -0.39 is 38.8 Å². The van der Waals surface area contributed by atoms with Gasteiger partial charge in [-0.2, -0.15) is 13.2 Å². The van der Waals surface area contributed by atoms with Crippen molar-refractivity contribution in [3.8, 4) is 5.75 Å². The Morgan fingerprint density at radius 3 is 2.26 bits per heavy atom. The van der Waals surface area contributed by atoms with E-state index in [1.807, 2.05) is 0 Å². The molecule has 2 bridgehead atoms. The SMILES string of the molecule is CC(C)(Oc1ccccc1C(F)(F)F)C(=O)N[C@H]1C[C@H]2CC[C@@H](C1)N2c1ccc(S(C)(=O)=O)cn1. The second-order valence-corrected chi connectivity index (χ2v) is 11.7. The maximum Gasteiger partial charge on any atom is 0.419 e. The molecule has 0 unspecified atom stereocenters. The molecule has 0 spiro atoms. The van der Waals surface area contributed by atoms with E-state index in [0.717, 1.165) is 25.2 Å². The number of hydrogen-bond acceptors (Lipinski definition) is 6. The molecular weight excluding hydrogens is 483 g/mol. The average molecular weight is 512 g/mol. The Morgan fingerprint density at radius 1 is 1.09 bits per heavy atom. The summed E-state index contributed by atoms with van der Waals surface area (Å²) in [5.74, 6) is -0.177. The Hall–Kier alpha value is -2.82. The molecular formula is C24H28F3N3O4S. The van der Waals surface area contributed by atoms with E-state index >= 15 is 0 Å². The van der Waals surface area contributed by atoms with Gasteiger partial charge >= 0.3 is 6.18 Å². The van der Waals surface area contributed by atoms with E-state index in [1.165, 1.54) is 38.2 Å². The largest absolute Gasteiger partial charge is 0.477 e. The van der Waals surface area contributed by atoms with E-state index in [2.05, 4.69) is 15.2 Å². The summed E-state index contributed by atoms with van der Waals surface area (Å²) in [5, 5.41) is 2.97. The number of halogens is 3. The molecule has 1 amide bonds. The summed E-state index contributed by atoms with van der Waals surface area (Å²) in [6, 6.07) is 8.16. The second kappa shape index (κ2) is 9.00. The van der Waals surface area contributed by atoms with E-state index in [0.29, 0.717) is 18.7 Å². The standard InChI is InChI=1S/C24H28F3N3O4S/c1-23(2,34-20-7-5-4-6-19(20)24(25,26)27)22(31)29-15-12-16-8-9-17(13-15)30(16)21-11-10-18(14-28-21)35(3,32)33/h4-7,10-11,14-17H,8-9,12-13H2,1-3H3,(H,29,31)/t15-,16+,17-. The monoisotopic (exact) mass is 511 g/mol. The minimum atomic E-state index is -4.59. The number of para-hydroxylation sites is 1. The Balaban J connectivity index is 1.42. The van der Waals surface area contributed by atoms with Gasteiger partial charge < -0.3 is 15.0 Å². The Labute approximate surface area is 202 Å². The maximum atomic E-state index is 13.3. The Kier molecular flexibility index (Phi) is 6.50. The van der Waals surface area contributed by atoms with E-state index in [4.69, 9.17) is 4.74 Å². The average Bonchev–Trinajstić information content (AvgIpc) is 3.03. The van der Waals surface area contributed by atoms with Crippen LogP contribution < -0.4 is 15.0 Å². The number of ether oxygens (including phenoxy) is 1. The molecule has 2 saturated heterocycles. The zero-order chi connectivity index (χ0) is 25.6. The van der Waals surface area contributed by atoms with Gasteiger partial charge in [0.15, 0.2) is 15.4 Å². The highest BCUT2D eigenvalue weighted by atomic mass is 32.2. The smallest absolute Gasteiger partial charge is 0.419 e. The van der Waals surface area contributed by atoms with Crippen LogP contribution >= 0.6 is 0 Å². The quantitative estimate of drug-likeness (QED) is 0.631. The number of benzene rings is 1. The fourth-order valence-electron chi connectivity index (χ4n) is 4.88. The molecule has 4 rings (SSSR count). The van der Waals surface area contributed by atoms with Crippen LogP contribution in [0.1, 0.15) is 45.1 Å². The Morgan fingerprint density at radius 2 is 1.71 bits per heavy atom. The second-order valence-electron chi connectivity index (χ2n) is 9.66. The molecule has 3 heterocycles. The van der Waals surface area contributed by atoms with Crippen LogP contribution in [0.4, 0.5) is 19.0 Å². The first-order valence-corrected chi connectivity index (χ1v) is 13.3. The minimum Gasteiger partial charge on any atom is -0.477 e. The topological polar surface area (TPSA) is 88.6 Å². The summed E-state index contributed by atoms with van der Waals surface area (Å²) in [6.45, 7) is 2.90. The van der Waals surface area contributed by atoms with Crippen molar-refractivity contribution in [1.29, 1.82) is 0 Å². The van der Waals surface area contributed by atoms with Gasteiger partial charge in [-0.1, -0.05) is 12.1 Å². The minimum absolute atomic E-state index is 0.116. The lowest BCUT2D eigenvalue weighted by atomic mass is 9.96. The number of hydrogen-bond donors (Lipinski definition) is 1. The van der Waals surface area contributed by atoms with Gasteiger partial charge in [0.25, 0.3) is 5.91 Å². The number of carbonyl (C=O) groups is 1. The summed E-state index contributed by atoms with van der Waals surface area (Å²) >= 11 is 0. The summed E-state index contributed by atoms with van der Waals surface area (Å²) in [4.78, 5) is 19.7. The van der Waals surface area contributed by atoms with Crippen molar-refractivity contribution >= 4 is 21.6 Å². The number of nitrogens with one attached hydrogen (secondary N) is 1. The van der Waals surface area contributed by atoms with Gasteiger partial charge in [0, 0.05) is 30.6 Å². The van der Waals surface area contributed by atoms with Crippen LogP contribution in [0.5, 0.6) is 5.75 Å². The molecule has 1 aromatic heterocycles. The predicted octanol–water partition coefficient (Wildman–Crippen LogP) is 3.98. The van der Waals surface area contributed by atoms with Crippen molar-refractivity contribution in [3.63, 3.8) is 0 Å². The number of carbonyl (C=O) groups excluding carboxylic acids is 1. The van der Waals surface area contributed by atoms with Crippen LogP contribution in [-0.2, 0) is 20.8 Å². The van der Waals surface area contributed by atoms with E-state index in [-0.39, 0.29) is 23.0 Å². The van der Waals surface area contributed by atoms with Crippen LogP contribution in [0.3, 0.4) is 0 Å². The lowest BCUT2D eigenvalue weighted by Crippen LogP contribution is -2.55. The number of fused-ring (bicyclic) bond motifs is 2. The zero-order valence-corrected chi connectivity index (χ0v) is 20.5. The van der Waals surface area contributed by atoms with Crippen LogP contribution in [0.25, 0.3) is 0 Å². The number of amides is 1. The first-order chi connectivity index (χ1) is 16.3. The van der Waals surface area contributed by atoms with E-state index in [1.54, 1.807) is 12.1 Å². The van der Waals surface area contributed by atoms with Gasteiger partial charge in [0.05, 0.1) is 10.5 Å². The van der Waals surface area contributed by atoms with Crippen LogP contribution in [-0.4, -0.2) is 49.3 Å². The van der Waals surface area contributed by atoms with Crippen molar-refractivity contribution in [1.82, 2.24) is 10.3 Å².